The number of hydrogen-bond donors (Lipinski definition) is 2. The van der Waals surface area contributed by atoms with Gasteiger partial charge in [-0.05, 0) is 44.9 Å². The fourth-order valence-corrected chi connectivity index (χ4v) is 2.30. The van der Waals surface area contributed by atoms with Crippen LogP contribution in [0.15, 0.2) is 18.2 Å². The monoisotopic (exact) mass is 316 g/mol. The molecule has 2 N–H and O–H groups in total. The predicted octanol–water partition coefficient (Wildman–Crippen LogP) is 1.79. The third kappa shape index (κ3) is 4.77. The molecule has 0 unspecified atom stereocenters. The summed E-state index contributed by atoms with van der Waals surface area (Å²) in [4.78, 5) is 11.6. The van der Waals surface area contributed by atoms with E-state index in [-0.39, 0.29) is 5.91 Å². The molecule has 0 radical (unpaired) electrons. The van der Waals surface area contributed by atoms with E-state index in [1.807, 2.05) is 18.5 Å². The summed E-state index contributed by atoms with van der Waals surface area (Å²) in [7, 11) is 0. The van der Waals surface area contributed by atoms with Crippen molar-refractivity contribution in [3.63, 3.8) is 0 Å². The first-order chi connectivity index (χ1) is 11.0. The predicted molar refractivity (Wildman–Crippen MR) is 89.4 cm³/mol. The minimum atomic E-state index is -0.204. The first-order valence-corrected chi connectivity index (χ1v) is 7.86. The summed E-state index contributed by atoms with van der Waals surface area (Å²) in [6, 6.07) is 5.52. The third-order valence-electron chi connectivity index (χ3n) is 3.45. The summed E-state index contributed by atoms with van der Waals surface area (Å²) < 4.78 is 2.02. The van der Waals surface area contributed by atoms with Gasteiger partial charge >= 0.3 is 0 Å². The molecular formula is C16H24N6O. The standard InChI is InChI=1S/C16H24N6O/c1-5-17-16(23)14-6-7-15(20-19-14)18-9-11(2)10-22-13(4)8-12(3)21-22/h6-8,11H,5,9-10H2,1-4H3,(H,17,23)(H,18,20)/t11-/m0/s1. The van der Waals surface area contributed by atoms with E-state index < -0.39 is 0 Å². The summed E-state index contributed by atoms with van der Waals surface area (Å²) in [6.45, 7) is 10.3. The molecule has 2 heterocycles. The summed E-state index contributed by atoms with van der Waals surface area (Å²) in [5, 5.41) is 18.4. The first kappa shape index (κ1) is 16.9. The van der Waals surface area contributed by atoms with Crippen LogP contribution in [0.4, 0.5) is 5.82 Å². The van der Waals surface area contributed by atoms with Crippen molar-refractivity contribution in [2.24, 2.45) is 5.92 Å². The van der Waals surface area contributed by atoms with Crippen LogP contribution in [0.5, 0.6) is 0 Å². The summed E-state index contributed by atoms with van der Waals surface area (Å²) in [5.41, 5.74) is 2.53. The first-order valence-electron chi connectivity index (χ1n) is 7.86. The maximum absolute atomic E-state index is 11.6. The number of nitrogens with one attached hydrogen (secondary N) is 2. The van der Waals surface area contributed by atoms with Crippen molar-refractivity contribution in [1.82, 2.24) is 25.3 Å². The molecule has 7 heteroatoms. The molecule has 1 atom stereocenters. The largest absolute Gasteiger partial charge is 0.368 e. The highest BCUT2D eigenvalue weighted by atomic mass is 16.1. The minimum Gasteiger partial charge on any atom is -0.368 e. The fourth-order valence-electron chi connectivity index (χ4n) is 2.30. The number of aryl methyl sites for hydroxylation is 2. The molecule has 0 aliphatic rings. The van der Waals surface area contributed by atoms with Crippen LogP contribution in [0, 0.1) is 19.8 Å². The van der Waals surface area contributed by atoms with Gasteiger partial charge in [-0.2, -0.15) is 5.10 Å². The highest BCUT2D eigenvalue weighted by molar-refractivity contribution is 5.92. The highest BCUT2D eigenvalue weighted by Crippen LogP contribution is 2.08. The van der Waals surface area contributed by atoms with Gasteiger partial charge in [0.15, 0.2) is 5.69 Å². The van der Waals surface area contributed by atoms with Crippen LogP contribution < -0.4 is 10.6 Å². The third-order valence-corrected chi connectivity index (χ3v) is 3.45. The lowest BCUT2D eigenvalue weighted by molar-refractivity contribution is 0.0950. The molecule has 124 valence electrons. The zero-order chi connectivity index (χ0) is 16.8. The number of carbonyl (C=O) groups is 1. The van der Waals surface area contributed by atoms with Gasteiger partial charge in [-0.1, -0.05) is 6.92 Å². The van der Waals surface area contributed by atoms with Gasteiger partial charge in [0.2, 0.25) is 0 Å². The van der Waals surface area contributed by atoms with Crippen LogP contribution in [0.3, 0.4) is 0 Å². The summed E-state index contributed by atoms with van der Waals surface area (Å²) >= 11 is 0. The Bertz CT molecular complexity index is 649. The average molecular weight is 316 g/mol. The van der Waals surface area contributed by atoms with Gasteiger partial charge in [0.1, 0.15) is 5.82 Å². The Morgan fingerprint density at radius 3 is 2.65 bits per heavy atom. The van der Waals surface area contributed by atoms with E-state index >= 15 is 0 Å². The summed E-state index contributed by atoms with van der Waals surface area (Å²) in [5.74, 6) is 0.848. The van der Waals surface area contributed by atoms with Crippen LogP contribution in [0.25, 0.3) is 0 Å². The summed E-state index contributed by atoms with van der Waals surface area (Å²) in [6.07, 6.45) is 0. The number of nitrogens with zero attached hydrogens (tertiary/aromatic N) is 4. The lowest BCUT2D eigenvalue weighted by Crippen LogP contribution is -2.24. The Balaban J connectivity index is 1.85. The van der Waals surface area contributed by atoms with Gasteiger partial charge < -0.3 is 10.6 Å². The van der Waals surface area contributed by atoms with Gasteiger partial charge in [-0.3, -0.25) is 9.48 Å². The van der Waals surface area contributed by atoms with E-state index in [2.05, 4.69) is 45.8 Å². The van der Waals surface area contributed by atoms with Crippen LogP contribution in [0.1, 0.15) is 35.7 Å². The minimum absolute atomic E-state index is 0.204. The SMILES string of the molecule is CCNC(=O)c1ccc(NC[C@H](C)Cn2nc(C)cc2C)nn1. The van der Waals surface area contributed by atoms with Gasteiger partial charge in [-0.15, -0.1) is 10.2 Å². The van der Waals surface area contributed by atoms with E-state index in [1.165, 1.54) is 5.69 Å². The number of aromatic nitrogens is 4. The van der Waals surface area contributed by atoms with Crippen molar-refractivity contribution in [1.29, 1.82) is 0 Å². The van der Waals surface area contributed by atoms with Crippen molar-refractivity contribution in [3.05, 3.63) is 35.3 Å². The zero-order valence-electron chi connectivity index (χ0n) is 14.1. The average Bonchev–Trinajstić information content (AvgIpc) is 2.83. The highest BCUT2D eigenvalue weighted by Gasteiger charge is 2.09. The van der Waals surface area contributed by atoms with Crippen molar-refractivity contribution < 1.29 is 4.79 Å². The Labute approximate surface area is 136 Å². The molecule has 0 bridgehead atoms. The molecule has 2 aromatic heterocycles. The van der Waals surface area contributed by atoms with Gasteiger partial charge in [0.25, 0.3) is 5.91 Å². The molecular weight excluding hydrogens is 292 g/mol. The van der Waals surface area contributed by atoms with Crippen LogP contribution in [-0.2, 0) is 6.54 Å². The molecule has 1 amide bonds. The maximum atomic E-state index is 11.6. The van der Waals surface area contributed by atoms with Crippen LogP contribution in [-0.4, -0.2) is 39.0 Å². The van der Waals surface area contributed by atoms with Gasteiger partial charge in [-0.25, -0.2) is 0 Å². The molecule has 2 aromatic rings. The molecule has 7 nitrogen and oxygen atoms in total. The topological polar surface area (TPSA) is 84.7 Å². The van der Waals surface area contributed by atoms with Crippen LogP contribution in [0.2, 0.25) is 0 Å². The second-order valence-electron chi connectivity index (χ2n) is 5.76. The Kier molecular flexibility index (Phi) is 5.67. The molecule has 0 saturated carbocycles. The second-order valence-corrected chi connectivity index (χ2v) is 5.76. The van der Waals surface area contributed by atoms with E-state index in [1.54, 1.807) is 12.1 Å². The molecule has 0 saturated heterocycles. The lowest BCUT2D eigenvalue weighted by Gasteiger charge is -2.14. The van der Waals surface area contributed by atoms with E-state index in [4.69, 9.17) is 0 Å². The van der Waals surface area contributed by atoms with E-state index in [0.29, 0.717) is 24.0 Å². The smallest absolute Gasteiger partial charge is 0.271 e. The molecule has 23 heavy (non-hydrogen) atoms. The molecule has 2 rings (SSSR count). The van der Waals surface area contributed by atoms with Crippen LogP contribution >= 0.6 is 0 Å². The number of carbonyl (C=O) groups excluding carboxylic acids is 1. The van der Waals surface area contributed by atoms with E-state index in [0.717, 1.165) is 18.8 Å². The maximum Gasteiger partial charge on any atom is 0.271 e. The second kappa shape index (κ2) is 7.71. The van der Waals surface area contributed by atoms with Crippen molar-refractivity contribution in [3.8, 4) is 0 Å². The lowest BCUT2D eigenvalue weighted by atomic mass is 10.2. The van der Waals surface area contributed by atoms with Crippen molar-refractivity contribution in [2.45, 2.75) is 34.2 Å². The quantitative estimate of drug-likeness (QED) is 0.813. The van der Waals surface area contributed by atoms with Gasteiger partial charge in [0, 0.05) is 25.3 Å². The molecule has 0 aliphatic heterocycles. The number of hydrogen-bond acceptors (Lipinski definition) is 5. The fraction of sp³-hybridized carbons (Fsp3) is 0.500. The van der Waals surface area contributed by atoms with Crippen molar-refractivity contribution >= 4 is 11.7 Å². The molecule has 0 aliphatic carbocycles. The van der Waals surface area contributed by atoms with Gasteiger partial charge in [0.05, 0.1) is 5.69 Å². The molecule has 0 spiro atoms. The zero-order valence-corrected chi connectivity index (χ0v) is 14.1. The Hall–Kier alpha value is -2.44. The number of amides is 1. The molecule has 0 fully saturated rings. The van der Waals surface area contributed by atoms with Crippen molar-refractivity contribution in [2.75, 3.05) is 18.4 Å². The normalized spacial score (nSPS) is 12.0. The number of rotatable bonds is 7. The Morgan fingerprint density at radius 2 is 2.09 bits per heavy atom. The Morgan fingerprint density at radius 1 is 1.30 bits per heavy atom. The number of anilines is 1. The molecule has 0 aromatic carbocycles. The van der Waals surface area contributed by atoms with E-state index in [9.17, 15) is 4.79 Å².